The monoisotopic (exact) mass is 356 g/mol. The van der Waals surface area contributed by atoms with Crippen molar-refractivity contribution >= 4 is 22.8 Å². The fourth-order valence-electron chi connectivity index (χ4n) is 3.15. The summed E-state index contributed by atoms with van der Waals surface area (Å²) >= 11 is 0. The molecule has 3 aromatic carbocycles. The first kappa shape index (κ1) is 16.9. The van der Waals surface area contributed by atoms with E-state index >= 15 is 0 Å². The topological polar surface area (TPSA) is 54.1 Å². The van der Waals surface area contributed by atoms with Gasteiger partial charge in [0, 0.05) is 22.9 Å². The first-order valence-corrected chi connectivity index (χ1v) is 8.91. The number of nitrogens with one attached hydrogen (secondary N) is 2. The lowest BCUT2D eigenvalue weighted by atomic mass is 10.0. The fraction of sp³-hybridized carbons (Fsp3) is 0.0870. The molecule has 1 heterocycles. The van der Waals surface area contributed by atoms with Crippen molar-refractivity contribution in [2.75, 3.05) is 5.32 Å². The highest BCUT2D eigenvalue weighted by Gasteiger charge is 2.15. The third kappa shape index (κ3) is 4.01. The molecule has 27 heavy (non-hydrogen) atoms. The standard InChI is InChI=1S/C23H20N2O2/c26-23(27-16-18-11-5-2-6-12-18)25-22-20(15-17-9-3-1-4-10-17)19-13-7-8-14-21(19)24-22/h1-14,24H,15-16H2,(H,25,26). The molecule has 0 spiro atoms. The van der Waals surface area contributed by atoms with Crippen LogP contribution in [0.3, 0.4) is 0 Å². The van der Waals surface area contributed by atoms with Crippen LogP contribution in [0.2, 0.25) is 0 Å². The third-order valence-electron chi connectivity index (χ3n) is 4.48. The first-order valence-electron chi connectivity index (χ1n) is 8.91. The Hall–Kier alpha value is -3.53. The summed E-state index contributed by atoms with van der Waals surface area (Å²) in [5.41, 5.74) is 4.17. The number of aromatic nitrogens is 1. The van der Waals surface area contributed by atoms with Crippen LogP contribution in [0.1, 0.15) is 16.7 Å². The van der Waals surface area contributed by atoms with Crippen LogP contribution in [0.25, 0.3) is 10.9 Å². The summed E-state index contributed by atoms with van der Waals surface area (Å²) < 4.78 is 5.36. The molecule has 2 N–H and O–H groups in total. The first-order chi connectivity index (χ1) is 13.3. The molecule has 1 aromatic heterocycles. The number of rotatable bonds is 5. The van der Waals surface area contributed by atoms with Crippen LogP contribution in [0, 0.1) is 0 Å². The molecule has 0 atom stereocenters. The van der Waals surface area contributed by atoms with Gasteiger partial charge in [-0.25, -0.2) is 4.79 Å². The molecular weight excluding hydrogens is 336 g/mol. The lowest BCUT2D eigenvalue weighted by Crippen LogP contribution is -2.15. The average Bonchev–Trinajstić information content (AvgIpc) is 3.05. The van der Waals surface area contributed by atoms with Crippen LogP contribution in [-0.4, -0.2) is 11.1 Å². The summed E-state index contributed by atoms with van der Waals surface area (Å²) in [6.45, 7) is 0.237. The fourth-order valence-corrected chi connectivity index (χ4v) is 3.15. The summed E-state index contributed by atoms with van der Waals surface area (Å²) in [7, 11) is 0. The third-order valence-corrected chi connectivity index (χ3v) is 4.48. The predicted molar refractivity (Wildman–Crippen MR) is 108 cm³/mol. The van der Waals surface area contributed by atoms with E-state index in [9.17, 15) is 4.79 Å². The molecule has 0 unspecified atom stereocenters. The number of H-pyrrole nitrogens is 1. The van der Waals surface area contributed by atoms with E-state index in [1.54, 1.807) is 0 Å². The summed E-state index contributed by atoms with van der Waals surface area (Å²) in [6, 6.07) is 27.9. The molecule has 0 saturated heterocycles. The van der Waals surface area contributed by atoms with E-state index in [0.29, 0.717) is 5.82 Å². The molecule has 0 aliphatic carbocycles. The van der Waals surface area contributed by atoms with Crippen LogP contribution < -0.4 is 5.32 Å². The maximum Gasteiger partial charge on any atom is 0.413 e. The SMILES string of the molecule is O=C(Nc1[nH]c2ccccc2c1Cc1ccccc1)OCc1ccccc1. The molecule has 1 amide bonds. The summed E-state index contributed by atoms with van der Waals surface area (Å²) in [5.74, 6) is 0.679. The van der Waals surface area contributed by atoms with Crippen molar-refractivity contribution in [3.8, 4) is 0 Å². The average molecular weight is 356 g/mol. The number of hydrogen-bond acceptors (Lipinski definition) is 2. The minimum Gasteiger partial charge on any atom is -0.444 e. The molecule has 0 radical (unpaired) electrons. The van der Waals surface area contributed by atoms with Gasteiger partial charge in [0.15, 0.2) is 0 Å². The van der Waals surface area contributed by atoms with Crippen molar-refractivity contribution in [1.29, 1.82) is 0 Å². The summed E-state index contributed by atoms with van der Waals surface area (Å²) in [5, 5.41) is 3.97. The Labute approximate surface area is 157 Å². The number of fused-ring (bicyclic) bond motifs is 1. The molecule has 0 aliphatic heterocycles. The second-order valence-corrected chi connectivity index (χ2v) is 6.37. The summed E-state index contributed by atoms with van der Waals surface area (Å²) in [6.07, 6.45) is 0.249. The maximum absolute atomic E-state index is 12.3. The molecular formula is C23H20N2O2. The Morgan fingerprint density at radius 2 is 1.44 bits per heavy atom. The van der Waals surface area contributed by atoms with Gasteiger partial charge >= 0.3 is 6.09 Å². The highest BCUT2D eigenvalue weighted by Crippen LogP contribution is 2.28. The smallest absolute Gasteiger partial charge is 0.413 e. The lowest BCUT2D eigenvalue weighted by Gasteiger charge is -2.09. The molecule has 0 aliphatic rings. The zero-order valence-electron chi connectivity index (χ0n) is 14.8. The Kier molecular flexibility index (Phi) is 4.88. The van der Waals surface area contributed by atoms with Gasteiger partial charge in [-0.05, 0) is 17.2 Å². The summed E-state index contributed by atoms with van der Waals surface area (Å²) in [4.78, 5) is 15.6. The Balaban J connectivity index is 1.55. The van der Waals surface area contributed by atoms with Crippen LogP contribution in [-0.2, 0) is 17.8 Å². The maximum atomic E-state index is 12.3. The van der Waals surface area contributed by atoms with Crippen LogP contribution in [0.15, 0.2) is 84.9 Å². The van der Waals surface area contributed by atoms with Gasteiger partial charge < -0.3 is 9.72 Å². The molecule has 134 valence electrons. The van der Waals surface area contributed by atoms with E-state index < -0.39 is 6.09 Å². The van der Waals surface area contributed by atoms with Gasteiger partial charge in [0.2, 0.25) is 0 Å². The molecule has 4 rings (SSSR count). The largest absolute Gasteiger partial charge is 0.444 e. The van der Waals surface area contributed by atoms with Crippen molar-refractivity contribution < 1.29 is 9.53 Å². The van der Waals surface area contributed by atoms with Crippen molar-refractivity contribution in [2.24, 2.45) is 0 Å². The van der Waals surface area contributed by atoms with Crippen molar-refractivity contribution in [2.45, 2.75) is 13.0 Å². The van der Waals surface area contributed by atoms with Gasteiger partial charge in [-0.3, -0.25) is 5.32 Å². The highest BCUT2D eigenvalue weighted by atomic mass is 16.5. The lowest BCUT2D eigenvalue weighted by molar-refractivity contribution is 0.155. The van der Waals surface area contributed by atoms with Gasteiger partial charge in [-0.2, -0.15) is 0 Å². The zero-order valence-corrected chi connectivity index (χ0v) is 14.8. The Morgan fingerprint density at radius 1 is 0.815 bits per heavy atom. The second-order valence-electron chi connectivity index (χ2n) is 6.37. The minimum absolute atomic E-state index is 0.237. The normalized spacial score (nSPS) is 10.7. The van der Waals surface area contributed by atoms with Crippen molar-refractivity contribution in [1.82, 2.24) is 4.98 Å². The number of anilines is 1. The minimum atomic E-state index is -0.472. The Morgan fingerprint density at radius 3 is 2.19 bits per heavy atom. The molecule has 4 aromatic rings. The number of ether oxygens (including phenoxy) is 1. The predicted octanol–water partition coefficient (Wildman–Crippen LogP) is 5.51. The number of carbonyl (C=O) groups excluding carboxylic acids is 1. The number of carbonyl (C=O) groups is 1. The zero-order chi connectivity index (χ0) is 18.5. The van der Waals surface area contributed by atoms with Gasteiger partial charge in [-0.15, -0.1) is 0 Å². The van der Waals surface area contributed by atoms with E-state index in [1.165, 1.54) is 5.56 Å². The van der Waals surface area contributed by atoms with Crippen LogP contribution in [0.5, 0.6) is 0 Å². The van der Waals surface area contributed by atoms with Crippen LogP contribution in [0.4, 0.5) is 10.6 Å². The molecule has 4 heteroatoms. The number of hydrogen-bond donors (Lipinski definition) is 2. The van der Waals surface area contributed by atoms with Gasteiger partial charge in [0.25, 0.3) is 0 Å². The number of amides is 1. The van der Waals surface area contributed by atoms with Crippen LogP contribution >= 0.6 is 0 Å². The Bertz CT molecular complexity index is 1040. The van der Waals surface area contributed by atoms with E-state index in [4.69, 9.17) is 4.74 Å². The molecule has 0 fully saturated rings. The van der Waals surface area contributed by atoms with E-state index in [2.05, 4.69) is 28.5 Å². The molecule has 0 bridgehead atoms. The van der Waals surface area contributed by atoms with Crippen molar-refractivity contribution in [3.63, 3.8) is 0 Å². The molecule has 0 saturated carbocycles. The van der Waals surface area contributed by atoms with Gasteiger partial charge in [0.05, 0.1) is 0 Å². The number of para-hydroxylation sites is 1. The number of aromatic amines is 1. The van der Waals surface area contributed by atoms with Gasteiger partial charge in [0.1, 0.15) is 12.4 Å². The van der Waals surface area contributed by atoms with Crippen molar-refractivity contribution in [3.05, 3.63) is 102 Å². The van der Waals surface area contributed by atoms with E-state index in [-0.39, 0.29) is 6.61 Å². The van der Waals surface area contributed by atoms with E-state index in [1.807, 2.05) is 66.7 Å². The van der Waals surface area contributed by atoms with E-state index in [0.717, 1.165) is 28.5 Å². The quantitative estimate of drug-likeness (QED) is 0.495. The highest BCUT2D eigenvalue weighted by molar-refractivity contribution is 5.94. The number of benzene rings is 3. The second kappa shape index (κ2) is 7.79. The molecule has 4 nitrogen and oxygen atoms in total. The van der Waals surface area contributed by atoms with Gasteiger partial charge in [-0.1, -0.05) is 78.9 Å².